The van der Waals surface area contributed by atoms with E-state index in [4.69, 9.17) is 0 Å². The molecule has 0 aliphatic rings. The molecule has 0 aromatic rings. The van der Waals surface area contributed by atoms with Crippen LogP contribution in [0, 0.1) is 0 Å². The Morgan fingerprint density at radius 3 is 0.619 bits per heavy atom. The molecule has 0 heterocycles. The van der Waals surface area contributed by atoms with Crippen LogP contribution in [0.25, 0.3) is 0 Å². The van der Waals surface area contributed by atoms with Crippen molar-refractivity contribution in [2.24, 2.45) is 0 Å². The van der Waals surface area contributed by atoms with Crippen molar-refractivity contribution in [1.82, 2.24) is 13.2 Å². The monoisotopic (exact) mass is 469 g/mol. The predicted octanol–water partition coefficient (Wildman–Crippen LogP) is 3.17. The quantitative estimate of drug-likeness (QED) is 0.436. The zero-order valence-electron chi connectivity index (χ0n) is 15.9. The summed E-state index contributed by atoms with van der Waals surface area (Å²) < 4.78 is 11.4. The van der Waals surface area contributed by atoms with Crippen molar-refractivity contribution in [1.29, 1.82) is 0 Å². The molecule has 0 saturated carbocycles. The fourth-order valence-electron chi connectivity index (χ4n) is 3.49. The molecule has 0 N–H and O–H groups in total. The summed E-state index contributed by atoms with van der Waals surface area (Å²) >= 11 is -3.02. The SMILES string of the molecule is CC[N](CC)[Ta]([N](CC)CC)([N](CC)CC)[N](CC)CC. The Kier molecular flexibility index (Phi) is 11.5. The van der Waals surface area contributed by atoms with Gasteiger partial charge < -0.3 is 0 Å². The molecule has 0 fully saturated rings. The first-order valence-electron chi connectivity index (χ1n) is 8.99. The van der Waals surface area contributed by atoms with Gasteiger partial charge in [0.15, 0.2) is 0 Å². The number of rotatable bonds is 12. The first kappa shape index (κ1) is 21.6. The summed E-state index contributed by atoms with van der Waals surface area (Å²) in [6, 6.07) is 0. The Balaban J connectivity index is 6.15. The van der Waals surface area contributed by atoms with Crippen molar-refractivity contribution in [3.05, 3.63) is 0 Å². The third kappa shape index (κ3) is 4.31. The summed E-state index contributed by atoms with van der Waals surface area (Å²) in [5, 5.41) is 0. The Labute approximate surface area is 139 Å². The second-order valence-electron chi connectivity index (χ2n) is 5.09. The van der Waals surface area contributed by atoms with E-state index < -0.39 is 18.2 Å². The van der Waals surface area contributed by atoms with Gasteiger partial charge in [-0.3, -0.25) is 0 Å². The molecule has 21 heavy (non-hydrogen) atoms. The molecule has 0 aliphatic carbocycles. The molecule has 0 radical (unpaired) electrons. The molecule has 0 bridgehead atoms. The van der Waals surface area contributed by atoms with Crippen molar-refractivity contribution in [3.63, 3.8) is 0 Å². The van der Waals surface area contributed by atoms with Crippen LogP contribution in [0.3, 0.4) is 0 Å². The van der Waals surface area contributed by atoms with Crippen molar-refractivity contribution < 1.29 is 18.2 Å². The molecule has 0 aromatic heterocycles. The van der Waals surface area contributed by atoms with E-state index in [-0.39, 0.29) is 0 Å². The number of hydrogen-bond donors (Lipinski definition) is 0. The molecular formula is C16H40N4Ta. The second-order valence-corrected chi connectivity index (χ2v) is 17.1. The molecule has 0 aliphatic heterocycles. The van der Waals surface area contributed by atoms with E-state index in [0.717, 1.165) is 0 Å². The van der Waals surface area contributed by atoms with E-state index in [1.807, 2.05) is 0 Å². The summed E-state index contributed by atoms with van der Waals surface area (Å²) in [6.45, 7) is 28.0. The minimum absolute atomic E-state index is 1.17. The van der Waals surface area contributed by atoms with E-state index in [1.165, 1.54) is 52.4 Å². The fourth-order valence-corrected chi connectivity index (χ4v) is 22.1. The predicted molar refractivity (Wildman–Crippen MR) is 91.7 cm³/mol. The maximum atomic E-state index is 2.84. The second kappa shape index (κ2) is 11.2. The Morgan fingerprint density at radius 2 is 0.524 bits per heavy atom. The average Bonchev–Trinajstić information content (AvgIpc) is 2.51. The molecule has 0 spiro atoms. The van der Waals surface area contributed by atoms with E-state index >= 15 is 0 Å². The average molecular weight is 469 g/mol. The van der Waals surface area contributed by atoms with Gasteiger partial charge in [-0.15, -0.1) is 0 Å². The first-order valence-corrected chi connectivity index (χ1v) is 14.7. The van der Waals surface area contributed by atoms with Crippen molar-refractivity contribution in [2.45, 2.75) is 55.4 Å². The van der Waals surface area contributed by atoms with Crippen LogP contribution in [0.15, 0.2) is 0 Å². The molecule has 4 nitrogen and oxygen atoms in total. The summed E-state index contributed by atoms with van der Waals surface area (Å²) in [6.07, 6.45) is 0. The molecule has 0 amide bonds. The molecule has 0 aromatic carbocycles. The van der Waals surface area contributed by atoms with Crippen LogP contribution in [0.1, 0.15) is 55.4 Å². The van der Waals surface area contributed by atoms with Gasteiger partial charge in [-0.1, -0.05) is 0 Å². The van der Waals surface area contributed by atoms with Crippen LogP contribution < -0.4 is 0 Å². The summed E-state index contributed by atoms with van der Waals surface area (Å²) in [5.74, 6) is 0. The van der Waals surface area contributed by atoms with Gasteiger partial charge in [0.2, 0.25) is 0 Å². The molecule has 5 heteroatoms. The zero-order chi connectivity index (χ0) is 16.5. The summed E-state index contributed by atoms with van der Waals surface area (Å²) in [5.41, 5.74) is 0. The van der Waals surface area contributed by atoms with Crippen LogP contribution in [0.5, 0.6) is 0 Å². The Hall–Kier alpha value is 0.580. The van der Waals surface area contributed by atoms with E-state index in [2.05, 4.69) is 68.6 Å². The third-order valence-electron chi connectivity index (χ3n) is 4.44. The van der Waals surface area contributed by atoms with E-state index in [1.54, 1.807) is 0 Å². The molecular weight excluding hydrogens is 429 g/mol. The van der Waals surface area contributed by atoms with Gasteiger partial charge in [0, 0.05) is 0 Å². The van der Waals surface area contributed by atoms with Gasteiger partial charge in [0.25, 0.3) is 0 Å². The van der Waals surface area contributed by atoms with Crippen LogP contribution in [0.2, 0.25) is 0 Å². The van der Waals surface area contributed by atoms with Gasteiger partial charge in [0.1, 0.15) is 0 Å². The maximum absolute atomic E-state index is 3.02. The van der Waals surface area contributed by atoms with Gasteiger partial charge in [-0.25, -0.2) is 0 Å². The third-order valence-corrected chi connectivity index (χ3v) is 23.5. The van der Waals surface area contributed by atoms with Crippen molar-refractivity contribution in [2.75, 3.05) is 52.4 Å². The molecule has 0 rings (SSSR count). The summed E-state index contributed by atoms with van der Waals surface area (Å²) in [4.78, 5) is 0. The minimum atomic E-state index is -3.02. The zero-order valence-corrected chi connectivity index (χ0v) is 19.1. The Bertz CT molecular complexity index is 193. The van der Waals surface area contributed by atoms with E-state index in [9.17, 15) is 0 Å². The van der Waals surface area contributed by atoms with Crippen molar-refractivity contribution >= 4 is 0 Å². The molecule has 129 valence electrons. The molecule has 0 unspecified atom stereocenters. The molecule has 0 atom stereocenters. The van der Waals surface area contributed by atoms with E-state index in [0.29, 0.717) is 0 Å². The van der Waals surface area contributed by atoms with Crippen LogP contribution in [0.4, 0.5) is 0 Å². The van der Waals surface area contributed by atoms with Gasteiger partial charge in [-0.2, -0.15) is 0 Å². The van der Waals surface area contributed by atoms with Gasteiger partial charge in [-0.05, 0) is 0 Å². The normalized spacial score (nSPS) is 13.1. The van der Waals surface area contributed by atoms with Crippen molar-refractivity contribution in [3.8, 4) is 0 Å². The fraction of sp³-hybridized carbons (Fsp3) is 1.00. The molecule has 0 saturated heterocycles. The van der Waals surface area contributed by atoms with Gasteiger partial charge in [0.05, 0.1) is 0 Å². The van der Waals surface area contributed by atoms with Gasteiger partial charge >= 0.3 is 139 Å². The number of hydrogen-bond acceptors (Lipinski definition) is 4. The van der Waals surface area contributed by atoms with Crippen LogP contribution in [-0.4, -0.2) is 65.6 Å². The standard InChI is InChI=1S/4C4H10N.Ta/c4*1-3-5-4-2;/h4*3-4H2,1-2H3;/q4*-1;+4. The van der Waals surface area contributed by atoms with Crippen LogP contribution >= 0.6 is 0 Å². The van der Waals surface area contributed by atoms with Crippen LogP contribution in [-0.2, 0) is 18.2 Å². The first-order chi connectivity index (χ1) is 10.1. The summed E-state index contributed by atoms with van der Waals surface area (Å²) in [7, 11) is 0. The Morgan fingerprint density at radius 1 is 0.381 bits per heavy atom. The number of nitrogens with zero attached hydrogens (tertiary/aromatic N) is 4. The topological polar surface area (TPSA) is 13.0 Å².